The SMILES string of the molecule is CCCn1c(CCC(=O)NC2CCCCC2)nc2cccnc21. The number of fused-ring (bicyclic) bond motifs is 1. The summed E-state index contributed by atoms with van der Waals surface area (Å²) in [6.07, 6.45) is 10.1. The average molecular weight is 314 g/mol. The Bertz CT molecular complexity index is 658. The molecule has 5 nitrogen and oxygen atoms in total. The monoisotopic (exact) mass is 314 g/mol. The van der Waals surface area contributed by atoms with Crippen molar-refractivity contribution in [3.8, 4) is 0 Å². The summed E-state index contributed by atoms with van der Waals surface area (Å²) >= 11 is 0. The fraction of sp³-hybridized carbons (Fsp3) is 0.611. The molecule has 2 aromatic heterocycles. The van der Waals surface area contributed by atoms with Gasteiger partial charge >= 0.3 is 0 Å². The van der Waals surface area contributed by atoms with Crippen LogP contribution in [0.1, 0.15) is 57.7 Å². The van der Waals surface area contributed by atoms with Gasteiger partial charge in [0.25, 0.3) is 0 Å². The number of rotatable bonds is 6. The Labute approximate surface area is 137 Å². The molecule has 0 bridgehead atoms. The number of aryl methyl sites for hydroxylation is 2. The molecule has 5 heteroatoms. The van der Waals surface area contributed by atoms with Gasteiger partial charge in [-0.3, -0.25) is 4.79 Å². The zero-order chi connectivity index (χ0) is 16.1. The molecule has 3 rings (SSSR count). The van der Waals surface area contributed by atoms with Gasteiger partial charge in [-0.25, -0.2) is 9.97 Å². The van der Waals surface area contributed by atoms with Crippen LogP contribution in [0.25, 0.3) is 11.2 Å². The molecule has 0 unspecified atom stereocenters. The van der Waals surface area contributed by atoms with Gasteiger partial charge < -0.3 is 9.88 Å². The molecule has 2 aromatic rings. The summed E-state index contributed by atoms with van der Waals surface area (Å²) in [6, 6.07) is 4.28. The Kier molecular flexibility index (Phi) is 5.26. The fourth-order valence-corrected chi connectivity index (χ4v) is 3.43. The molecule has 0 radical (unpaired) electrons. The first-order chi connectivity index (χ1) is 11.3. The van der Waals surface area contributed by atoms with E-state index in [1.54, 1.807) is 6.20 Å². The van der Waals surface area contributed by atoms with E-state index in [9.17, 15) is 4.79 Å². The predicted octanol–water partition coefficient (Wildman–Crippen LogP) is 3.22. The molecule has 0 spiro atoms. The molecule has 1 saturated carbocycles. The van der Waals surface area contributed by atoms with Crippen LogP contribution >= 0.6 is 0 Å². The highest BCUT2D eigenvalue weighted by Crippen LogP contribution is 2.18. The van der Waals surface area contributed by atoms with Crippen LogP contribution < -0.4 is 5.32 Å². The second-order valence-electron chi connectivity index (χ2n) is 6.43. The van der Waals surface area contributed by atoms with Gasteiger partial charge in [0.1, 0.15) is 11.3 Å². The Hall–Kier alpha value is -1.91. The van der Waals surface area contributed by atoms with Crippen molar-refractivity contribution in [2.45, 2.75) is 70.9 Å². The predicted molar refractivity (Wildman–Crippen MR) is 91.2 cm³/mol. The standard InChI is InChI=1S/C18H26N4O/c1-2-13-22-16(21-15-9-6-12-19-18(15)22)10-11-17(23)20-14-7-4-3-5-8-14/h6,9,12,14H,2-5,7-8,10-11,13H2,1H3,(H,20,23). The van der Waals surface area contributed by atoms with Crippen LogP contribution in [-0.4, -0.2) is 26.5 Å². The first kappa shape index (κ1) is 16.0. The van der Waals surface area contributed by atoms with Gasteiger partial charge in [-0.1, -0.05) is 26.2 Å². The van der Waals surface area contributed by atoms with E-state index in [-0.39, 0.29) is 5.91 Å². The summed E-state index contributed by atoms with van der Waals surface area (Å²) in [4.78, 5) is 21.3. The van der Waals surface area contributed by atoms with E-state index < -0.39 is 0 Å². The van der Waals surface area contributed by atoms with Gasteiger partial charge in [0.15, 0.2) is 5.65 Å². The lowest BCUT2D eigenvalue weighted by Gasteiger charge is -2.22. The highest BCUT2D eigenvalue weighted by Gasteiger charge is 2.17. The third-order valence-corrected chi connectivity index (χ3v) is 4.58. The first-order valence-corrected chi connectivity index (χ1v) is 8.87. The zero-order valence-electron chi connectivity index (χ0n) is 13.9. The van der Waals surface area contributed by atoms with Gasteiger partial charge in [0.05, 0.1) is 0 Å². The molecular formula is C18H26N4O. The normalized spacial score (nSPS) is 15.9. The maximum absolute atomic E-state index is 12.2. The Morgan fingerprint density at radius 3 is 2.96 bits per heavy atom. The fourth-order valence-electron chi connectivity index (χ4n) is 3.43. The van der Waals surface area contributed by atoms with E-state index in [0.717, 1.165) is 42.8 Å². The van der Waals surface area contributed by atoms with Crippen molar-refractivity contribution < 1.29 is 4.79 Å². The van der Waals surface area contributed by atoms with Gasteiger partial charge in [0, 0.05) is 31.6 Å². The van der Waals surface area contributed by atoms with E-state index in [4.69, 9.17) is 0 Å². The average Bonchev–Trinajstić information content (AvgIpc) is 2.92. The van der Waals surface area contributed by atoms with Crippen LogP contribution in [0.5, 0.6) is 0 Å². The highest BCUT2D eigenvalue weighted by molar-refractivity contribution is 5.77. The highest BCUT2D eigenvalue weighted by atomic mass is 16.1. The Balaban J connectivity index is 1.64. The molecule has 0 aliphatic heterocycles. The van der Waals surface area contributed by atoms with E-state index in [1.807, 2.05) is 12.1 Å². The molecular weight excluding hydrogens is 288 g/mol. The van der Waals surface area contributed by atoms with Crippen LogP contribution in [-0.2, 0) is 17.8 Å². The summed E-state index contributed by atoms with van der Waals surface area (Å²) < 4.78 is 2.16. The lowest BCUT2D eigenvalue weighted by molar-refractivity contribution is -0.122. The van der Waals surface area contributed by atoms with E-state index in [2.05, 4.69) is 26.8 Å². The quantitative estimate of drug-likeness (QED) is 0.890. The number of hydrogen-bond donors (Lipinski definition) is 1. The molecule has 1 fully saturated rings. The van der Waals surface area contributed by atoms with Gasteiger partial charge in [-0.05, 0) is 31.4 Å². The summed E-state index contributed by atoms with van der Waals surface area (Å²) in [5, 5.41) is 3.18. The molecule has 1 N–H and O–H groups in total. The van der Waals surface area contributed by atoms with Crippen molar-refractivity contribution in [1.29, 1.82) is 0 Å². The van der Waals surface area contributed by atoms with Crippen LogP contribution in [0.4, 0.5) is 0 Å². The van der Waals surface area contributed by atoms with Crippen LogP contribution in [0.3, 0.4) is 0 Å². The molecule has 1 aliphatic carbocycles. The minimum absolute atomic E-state index is 0.153. The number of nitrogens with one attached hydrogen (secondary N) is 1. The number of amides is 1. The number of carbonyl (C=O) groups is 1. The van der Waals surface area contributed by atoms with Gasteiger partial charge in [-0.15, -0.1) is 0 Å². The number of hydrogen-bond acceptors (Lipinski definition) is 3. The molecule has 1 aliphatic rings. The third-order valence-electron chi connectivity index (χ3n) is 4.58. The minimum atomic E-state index is 0.153. The third kappa shape index (κ3) is 3.89. The molecule has 1 amide bonds. The molecule has 2 heterocycles. The molecule has 0 atom stereocenters. The van der Waals surface area contributed by atoms with E-state index in [1.165, 1.54) is 19.3 Å². The minimum Gasteiger partial charge on any atom is -0.353 e. The maximum Gasteiger partial charge on any atom is 0.220 e. The Morgan fingerprint density at radius 2 is 2.17 bits per heavy atom. The second-order valence-corrected chi connectivity index (χ2v) is 6.43. The van der Waals surface area contributed by atoms with E-state index >= 15 is 0 Å². The van der Waals surface area contributed by atoms with Gasteiger partial charge in [0.2, 0.25) is 5.91 Å². The number of aromatic nitrogens is 3. The lowest BCUT2D eigenvalue weighted by atomic mass is 9.95. The largest absolute Gasteiger partial charge is 0.353 e. The Morgan fingerprint density at radius 1 is 1.35 bits per heavy atom. The van der Waals surface area contributed by atoms with Crippen LogP contribution in [0, 0.1) is 0 Å². The van der Waals surface area contributed by atoms with Crippen molar-refractivity contribution in [2.24, 2.45) is 0 Å². The topological polar surface area (TPSA) is 59.8 Å². The molecule has 0 saturated heterocycles. The number of nitrogens with zero attached hydrogens (tertiary/aromatic N) is 3. The second kappa shape index (κ2) is 7.57. The van der Waals surface area contributed by atoms with Crippen molar-refractivity contribution >= 4 is 17.1 Å². The summed E-state index contributed by atoms with van der Waals surface area (Å²) in [7, 11) is 0. The van der Waals surface area contributed by atoms with Crippen molar-refractivity contribution in [3.05, 3.63) is 24.2 Å². The van der Waals surface area contributed by atoms with Crippen molar-refractivity contribution in [3.63, 3.8) is 0 Å². The van der Waals surface area contributed by atoms with Crippen molar-refractivity contribution in [2.75, 3.05) is 0 Å². The van der Waals surface area contributed by atoms with Crippen LogP contribution in [0.2, 0.25) is 0 Å². The number of carbonyl (C=O) groups excluding carboxylic acids is 1. The zero-order valence-corrected chi connectivity index (χ0v) is 13.9. The maximum atomic E-state index is 12.2. The van der Waals surface area contributed by atoms with Crippen molar-refractivity contribution in [1.82, 2.24) is 19.9 Å². The van der Waals surface area contributed by atoms with E-state index in [0.29, 0.717) is 18.9 Å². The first-order valence-electron chi connectivity index (χ1n) is 8.87. The smallest absolute Gasteiger partial charge is 0.220 e. The summed E-state index contributed by atoms with van der Waals surface area (Å²) in [5.41, 5.74) is 1.85. The molecule has 0 aromatic carbocycles. The molecule has 124 valence electrons. The summed E-state index contributed by atoms with van der Waals surface area (Å²) in [6.45, 7) is 3.04. The number of imidazole rings is 1. The van der Waals surface area contributed by atoms with Gasteiger partial charge in [-0.2, -0.15) is 0 Å². The molecule has 23 heavy (non-hydrogen) atoms. The number of pyridine rings is 1. The van der Waals surface area contributed by atoms with Crippen LogP contribution in [0.15, 0.2) is 18.3 Å². The lowest BCUT2D eigenvalue weighted by Crippen LogP contribution is -2.36. The summed E-state index contributed by atoms with van der Waals surface area (Å²) in [5.74, 6) is 1.12.